The Balaban J connectivity index is 2.17. The highest BCUT2D eigenvalue weighted by Gasteiger charge is 2.16. The van der Waals surface area contributed by atoms with Gasteiger partial charge in [-0.15, -0.1) is 0 Å². The third kappa shape index (κ3) is 2.88. The van der Waals surface area contributed by atoms with Gasteiger partial charge in [-0.1, -0.05) is 0 Å². The predicted molar refractivity (Wildman–Crippen MR) is 67.6 cm³/mol. The first-order chi connectivity index (χ1) is 8.35. The van der Waals surface area contributed by atoms with Crippen LogP contribution < -0.4 is 10.1 Å². The number of aromatic nitrogens is 1. The third-order valence-electron chi connectivity index (χ3n) is 3.09. The van der Waals surface area contributed by atoms with Gasteiger partial charge in [0.2, 0.25) is 0 Å². The first-order valence-corrected chi connectivity index (χ1v) is 6.26. The molecule has 1 aromatic rings. The van der Waals surface area contributed by atoms with Crippen LogP contribution in [0.25, 0.3) is 0 Å². The van der Waals surface area contributed by atoms with E-state index in [1.807, 2.05) is 6.07 Å². The lowest BCUT2D eigenvalue weighted by Crippen LogP contribution is -2.15. The molecule has 0 radical (unpaired) electrons. The van der Waals surface area contributed by atoms with Crippen molar-refractivity contribution in [1.82, 2.24) is 4.98 Å². The highest BCUT2D eigenvalue weighted by Crippen LogP contribution is 2.30. The van der Waals surface area contributed by atoms with E-state index in [0.29, 0.717) is 0 Å². The second-order valence-electron chi connectivity index (χ2n) is 4.35. The topological polar surface area (TPSA) is 54.4 Å². The fourth-order valence-corrected chi connectivity index (χ4v) is 2.19. The summed E-state index contributed by atoms with van der Waals surface area (Å²) in [5.41, 5.74) is 2.24. The quantitative estimate of drug-likeness (QED) is 0.765. The van der Waals surface area contributed by atoms with Crippen molar-refractivity contribution in [1.29, 1.82) is 0 Å². The van der Waals surface area contributed by atoms with E-state index in [0.717, 1.165) is 55.9 Å². The van der Waals surface area contributed by atoms with Crippen LogP contribution in [0.15, 0.2) is 6.07 Å². The maximum absolute atomic E-state index is 8.78. The lowest BCUT2D eigenvalue weighted by Gasteiger charge is -2.20. The van der Waals surface area contributed by atoms with Gasteiger partial charge in [-0.2, -0.15) is 0 Å². The maximum Gasteiger partial charge on any atom is 0.133 e. The number of hydrogen-bond acceptors (Lipinski definition) is 4. The largest absolute Gasteiger partial charge is 0.496 e. The number of unbranched alkanes of at least 4 members (excludes halogenated alkanes) is 1. The van der Waals surface area contributed by atoms with Crippen LogP contribution in [0.4, 0.5) is 5.82 Å². The van der Waals surface area contributed by atoms with E-state index in [1.54, 1.807) is 7.11 Å². The molecule has 0 saturated heterocycles. The average molecular weight is 236 g/mol. The number of aryl methyl sites for hydroxylation is 1. The predicted octanol–water partition coefficient (Wildman–Crippen LogP) is 1.76. The number of aliphatic hydroxyl groups excluding tert-OH is 1. The molecule has 94 valence electrons. The van der Waals surface area contributed by atoms with Crippen molar-refractivity contribution < 1.29 is 9.84 Å². The van der Waals surface area contributed by atoms with Gasteiger partial charge in [0.25, 0.3) is 0 Å². The van der Waals surface area contributed by atoms with Crippen molar-refractivity contribution in [2.45, 2.75) is 32.1 Å². The Morgan fingerprint density at radius 2 is 2.35 bits per heavy atom. The van der Waals surface area contributed by atoms with Gasteiger partial charge in [-0.3, -0.25) is 0 Å². The van der Waals surface area contributed by atoms with Crippen molar-refractivity contribution >= 4 is 5.82 Å². The summed E-state index contributed by atoms with van der Waals surface area (Å²) in [5, 5.41) is 12.1. The van der Waals surface area contributed by atoms with Crippen LogP contribution in [-0.2, 0) is 12.8 Å². The number of anilines is 1. The summed E-state index contributed by atoms with van der Waals surface area (Å²) < 4.78 is 5.43. The molecular weight excluding hydrogens is 216 g/mol. The summed E-state index contributed by atoms with van der Waals surface area (Å²) in [6.07, 6.45) is 4.86. The van der Waals surface area contributed by atoms with Crippen molar-refractivity contribution in [3.05, 3.63) is 17.3 Å². The normalized spacial score (nSPS) is 14.0. The summed E-state index contributed by atoms with van der Waals surface area (Å²) in [4.78, 5) is 4.62. The molecule has 4 nitrogen and oxygen atoms in total. The minimum absolute atomic E-state index is 0.250. The molecule has 1 aliphatic rings. The second-order valence-corrected chi connectivity index (χ2v) is 4.35. The molecule has 1 aliphatic heterocycles. The fourth-order valence-electron chi connectivity index (χ4n) is 2.19. The summed E-state index contributed by atoms with van der Waals surface area (Å²) in [6, 6.07) is 2.03. The molecule has 17 heavy (non-hydrogen) atoms. The van der Waals surface area contributed by atoms with Crippen LogP contribution in [0.1, 0.15) is 30.5 Å². The molecule has 0 fully saturated rings. The zero-order valence-electron chi connectivity index (χ0n) is 10.3. The molecular formula is C13H20N2O2. The van der Waals surface area contributed by atoms with E-state index in [1.165, 1.54) is 5.56 Å². The molecule has 2 rings (SSSR count). The van der Waals surface area contributed by atoms with Crippen molar-refractivity contribution in [2.24, 2.45) is 0 Å². The summed E-state index contributed by atoms with van der Waals surface area (Å²) >= 11 is 0. The van der Waals surface area contributed by atoms with E-state index in [2.05, 4.69) is 10.3 Å². The number of fused-ring (bicyclic) bond motifs is 1. The fraction of sp³-hybridized carbons (Fsp3) is 0.615. The number of pyridine rings is 1. The first kappa shape index (κ1) is 12.2. The van der Waals surface area contributed by atoms with Crippen molar-refractivity contribution in [3.8, 4) is 5.75 Å². The van der Waals surface area contributed by atoms with Gasteiger partial charge < -0.3 is 15.2 Å². The zero-order chi connectivity index (χ0) is 12.1. The van der Waals surface area contributed by atoms with Crippen LogP contribution in [0.3, 0.4) is 0 Å². The minimum atomic E-state index is 0.250. The molecule has 0 aliphatic carbocycles. The van der Waals surface area contributed by atoms with Crippen LogP contribution in [0.5, 0.6) is 5.75 Å². The van der Waals surface area contributed by atoms with Crippen LogP contribution in [-0.4, -0.2) is 30.4 Å². The van der Waals surface area contributed by atoms with E-state index in [9.17, 15) is 0 Å². The maximum atomic E-state index is 8.78. The van der Waals surface area contributed by atoms with Crippen molar-refractivity contribution in [3.63, 3.8) is 0 Å². The average Bonchev–Trinajstić information content (AvgIpc) is 2.38. The Bertz CT molecular complexity index is 363. The smallest absolute Gasteiger partial charge is 0.133 e. The number of rotatable bonds is 5. The molecule has 0 amide bonds. The molecule has 0 saturated carbocycles. The first-order valence-electron chi connectivity index (χ1n) is 6.26. The zero-order valence-corrected chi connectivity index (χ0v) is 10.3. The molecule has 0 spiro atoms. The SMILES string of the molecule is COc1cc(CCCCO)nc2c1CCCN2. The third-order valence-corrected chi connectivity index (χ3v) is 3.09. The Kier molecular flexibility index (Phi) is 4.20. The van der Waals surface area contributed by atoms with E-state index < -0.39 is 0 Å². The van der Waals surface area contributed by atoms with Gasteiger partial charge in [0.1, 0.15) is 11.6 Å². The molecule has 2 N–H and O–H groups in total. The highest BCUT2D eigenvalue weighted by atomic mass is 16.5. The Labute approximate surface area is 102 Å². The van der Waals surface area contributed by atoms with E-state index in [-0.39, 0.29) is 6.61 Å². The van der Waals surface area contributed by atoms with E-state index >= 15 is 0 Å². The van der Waals surface area contributed by atoms with Gasteiger partial charge in [-0.25, -0.2) is 4.98 Å². The van der Waals surface area contributed by atoms with Crippen LogP contribution >= 0.6 is 0 Å². The molecule has 2 heterocycles. The van der Waals surface area contributed by atoms with Gasteiger partial charge in [-0.05, 0) is 32.1 Å². The molecule has 0 bridgehead atoms. The van der Waals surface area contributed by atoms with E-state index in [4.69, 9.17) is 9.84 Å². The monoisotopic (exact) mass is 236 g/mol. The summed E-state index contributed by atoms with van der Waals surface area (Å²) in [5.74, 6) is 1.93. The molecule has 0 aromatic carbocycles. The van der Waals surface area contributed by atoms with Gasteiger partial charge in [0.05, 0.1) is 7.11 Å². The lowest BCUT2D eigenvalue weighted by atomic mass is 10.0. The summed E-state index contributed by atoms with van der Waals surface area (Å²) in [7, 11) is 1.71. The molecule has 0 unspecified atom stereocenters. The van der Waals surface area contributed by atoms with Crippen LogP contribution in [0, 0.1) is 0 Å². The van der Waals surface area contributed by atoms with Gasteiger partial charge in [0.15, 0.2) is 0 Å². The summed E-state index contributed by atoms with van der Waals surface area (Å²) in [6.45, 7) is 1.24. The Morgan fingerprint density at radius 3 is 3.12 bits per heavy atom. The van der Waals surface area contributed by atoms with Gasteiger partial charge >= 0.3 is 0 Å². The number of aliphatic hydroxyl groups is 1. The number of hydrogen-bond donors (Lipinski definition) is 2. The van der Waals surface area contributed by atoms with Crippen LogP contribution in [0.2, 0.25) is 0 Å². The molecule has 0 atom stereocenters. The number of nitrogens with zero attached hydrogens (tertiary/aromatic N) is 1. The van der Waals surface area contributed by atoms with Gasteiger partial charge in [0, 0.05) is 30.5 Å². The second kappa shape index (κ2) is 5.87. The lowest BCUT2D eigenvalue weighted by molar-refractivity contribution is 0.284. The minimum Gasteiger partial charge on any atom is -0.496 e. The Morgan fingerprint density at radius 1 is 1.47 bits per heavy atom. The van der Waals surface area contributed by atoms with Crippen molar-refractivity contribution in [2.75, 3.05) is 25.6 Å². The number of nitrogens with one attached hydrogen (secondary N) is 1. The standard InChI is InChI=1S/C13H20N2O2/c1-17-12-9-10(5-2-3-8-16)15-13-11(12)6-4-7-14-13/h9,16H,2-8H2,1H3,(H,14,15). The molecule has 4 heteroatoms. The number of methoxy groups -OCH3 is 1. The number of ether oxygens (including phenoxy) is 1. The Hall–Kier alpha value is -1.29. The highest BCUT2D eigenvalue weighted by molar-refractivity contribution is 5.54. The molecule has 1 aromatic heterocycles.